The van der Waals surface area contributed by atoms with Crippen molar-refractivity contribution in [1.29, 1.82) is 0 Å². The number of halogens is 2. The molecule has 0 atom stereocenters. The smallest absolute Gasteiger partial charge is 0.127 e. The Kier molecular flexibility index (Phi) is 7.21. The molecule has 0 spiro atoms. The zero-order valence-corrected chi connectivity index (χ0v) is 12.6. The predicted octanol–water partition coefficient (Wildman–Crippen LogP) is 4.32. The van der Waals surface area contributed by atoms with E-state index in [4.69, 9.17) is 0 Å². The average Bonchev–Trinajstić information content (AvgIpc) is 2.30. The molecular formula is C15H21BrFN. The van der Waals surface area contributed by atoms with Gasteiger partial charge in [-0.1, -0.05) is 48.0 Å². The van der Waals surface area contributed by atoms with Crippen molar-refractivity contribution >= 4 is 15.9 Å². The molecule has 1 aromatic rings. The maximum atomic E-state index is 13.5. The van der Waals surface area contributed by atoms with Gasteiger partial charge in [0.15, 0.2) is 0 Å². The van der Waals surface area contributed by atoms with Gasteiger partial charge in [0.25, 0.3) is 0 Å². The highest BCUT2D eigenvalue weighted by atomic mass is 79.9. The van der Waals surface area contributed by atoms with E-state index in [1.165, 1.54) is 6.07 Å². The Morgan fingerprint density at radius 3 is 2.78 bits per heavy atom. The lowest BCUT2D eigenvalue weighted by molar-refractivity contribution is 0.556. The molecule has 1 N–H and O–H groups in total. The highest BCUT2D eigenvalue weighted by Crippen LogP contribution is 2.15. The number of rotatable bonds is 7. The summed E-state index contributed by atoms with van der Waals surface area (Å²) in [6, 6.07) is 5.20. The minimum atomic E-state index is -0.146. The molecule has 0 aliphatic carbocycles. The fourth-order valence-corrected chi connectivity index (χ4v) is 1.92. The molecule has 0 fully saturated rings. The van der Waals surface area contributed by atoms with Gasteiger partial charge in [-0.3, -0.25) is 0 Å². The number of hydrogen-bond donors (Lipinski definition) is 1. The zero-order valence-electron chi connectivity index (χ0n) is 11.0. The number of nitrogens with one attached hydrogen (secondary N) is 1. The molecule has 0 aliphatic rings. The van der Waals surface area contributed by atoms with E-state index < -0.39 is 0 Å². The van der Waals surface area contributed by atoms with Crippen LogP contribution in [0.3, 0.4) is 0 Å². The maximum Gasteiger partial charge on any atom is 0.127 e. The van der Waals surface area contributed by atoms with E-state index in [0.717, 1.165) is 29.5 Å². The number of allylic oxidation sites excluding steroid dienone is 1. The zero-order chi connectivity index (χ0) is 13.4. The van der Waals surface area contributed by atoms with Crippen LogP contribution in [0.25, 0.3) is 0 Å². The topological polar surface area (TPSA) is 12.0 Å². The maximum absolute atomic E-state index is 13.5. The van der Waals surface area contributed by atoms with Gasteiger partial charge in [-0.25, -0.2) is 4.39 Å². The first-order valence-corrected chi connectivity index (χ1v) is 7.18. The van der Waals surface area contributed by atoms with Gasteiger partial charge in [0, 0.05) is 4.47 Å². The summed E-state index contributed by atoms with van der Waals surface area (Å²) in [5.74, 6) is 0.540. The van der Waals surface area contributed by atoms with Crippen LogP contribution in [0.4, 0.5) is 4.39 Å². The molecule has 3 heteroatoms. The Balaban J connectivity index is 2.24. The molecule has 1 rings (SSSR count). The minimum absolute atomic E-state index is 0.146. The van der Waals surface area contributed by atoms with E-state index in [1.807, 2.05) is 18.2 Å². The summed E-state index contributed by atoms with van der Waals surface area (Å²) >= 11 is 3.25. The van der Waals surface area contributed by atoms with Gasteiger partial charge in [0.2, 0.25) is 0 Å². The fourth-order valence-electron chi connectivity index (χ4n) is 1.59. The highest BCUT2D eigenvalue weighted by molar-refractivity contribution is 9.10. The van der Waals surface area contributed by atoms with Gasteiger partial charge in [0.1, 0.15) is 5.82 Å². The number of hydrogen-bond acceptors (Lipinski definition) is 1. The van der Waals surface area contributed by atoms with Crippen LogP contribution in [-0.2, 0) is 6.42 Å². The average molecular weight is 314 g/mol. The Morgan fingerprint density at radius 2 is 2.11 bits per heavy atom. The molecule has 0 bridgehead atoms. The summed E-state index contributed by atoms with van der Waals surface area (Å²) in [6.07, 6.45) is 5.78. The summed E-state index contributed by atoms with van der Waals surface area (Å²) < 4.78 is 14.3. The molecule has 1 aromatic carbocycles. The van der Waals surface area contributed by atoms with Gasteiger partial charge in [-0.05, 0) is 49.5 Å². The van der Waals surface area contributed by atoms with E-state index in [9.17, 15) is 4.39 Å². The van der Waals surface area contributed by atoms with Crippen LogP contribution in [-0.4, -0.2) is 13.1 Å². The Labute approximate surface area is 118 Å². The summed E-state index contributed by atoms with van der Waals surface area (Å²) in [7, 11) is 0. The molecule has 1 nitrogen and oxygen atoms in total. The number of benzene rings is 1. The van der Waals surface area contributed by atoms with Crippen molar-refractivity contribution in [2.24, 2.45) is 5.92 Å². The van der Waals surface area contributed by atoms with Crippen LogP contribution >= 0.6 is 15.9 Å². The normalized spacial score (nSPS) is 11.6. The highest BCUT2D eigenvalue weighted by Gasteiger charge is 1.99. The van der Waals surface area contributed by atoms with Crippen LogP contribution in [0.1, 0.15) is 25.8 Å². The van der Waals surface area contributed by atoms with Crippen molar-refractivity contribution in [1.82, 2.24) is 5.32 Å². The second-order valence-corrected chi connectivity index (χ2v) is 5.71. The third kappa shape index (κ3) is 6.31. The first-order chi connectivity index (χ1) is 8.59. The SMILES string of the molecule is CC(C)CNCCC=CCc1ccc(Br)cc1F. The molecule has 0 aromatic heterocycles. The van der Waals surface area contributed by atoms with Crippen molar-refractivity contribution in [2.45, 2.75) is 26.7 Å². The van der Waals surface area contributed by atoms with Crippen LogP contribution in [0.2, 0.25) is 0 Å². The second-order valence-electron chi connectivity index (χ2n) is 4.80. The predicted molar refractivity (Wildman–Crippen MR) is 79.3 cm³/mol. The van der Waals surface area contributed by atoms with E-state index in [-0.39, 0.29) is 5.82 Å². The molecule has 0 saturated heterocycles. The Bertz CT molecular complexity index is 388. The van der Waals surface area contributed by atoms with Crippen LogP contribution in [0, 0.1) is 11.7 Å². The standard InChI is InChI=1S/C15H21BrFN/c1-12(2)11-18-9-5-3-4-6-13-7-8-14(16)10-15(13)17/h3-4,7-8,10,12,18H,5-6,9,11H2,1-2H3. The van der Waals surface area contributed by atoms with Crippen LogP contribution in [0.5, 0.6) is 0 Å². The molecule has 0 aliphatic heterocycles. The monoisotopic (exact) mass is 313 g/mol. The van der Waals surface area contributed by atoms with E-state index in [2.05, 4.69) is 41.2 Å². The lowest BCUT2D eigenvalue weighted by Gasteiger charge is -2.05. The van der Waals surface area contributed by atoms with E-state index in [0.29, 0.717) is 12.3 Å². The van der Waals surface area contributed by atoms with Gasteiger partial charge < -0.3 is 5.32 Å². The molecule has 18 heavy (non-hydrogen) atoms. The summed E-state index contributed by atoms with van der Waals surface area (Å²) in [5.41, 5.74) is 0.740. The molecule has 0 heterocycles. The van der Waals surface area contributed by atoms with Gasteiger partial charge in [-0.2, -0.15) is 0 Å². The Morgan fingerprint density at radius 1 is 1.33 bits per heavy atom. The van der Waals surface area contributed by atoms with Crippen molar-refractivity contribution in [2.75, 3.05) is 13.1 Å². The third-order valence-corrected chi connectivity index (χ3v) is 3.05. The molecule has 0 saturated carbocycles. The van der Waals surface area contributed by atoms with E-state index >= 15 is 0 Å². The minimum Gasteiger partial charge on any atom is -0.316 e. The lowest BCUT2D eigenvalue weighted by atomic mass is 10.1. The van der Waals surface area contributed by atoms with Crippen molar-refractivity contribution in [3.8, 4) is 0 Å². The first-order valence-electron chi connectivity index (χ1n) is 6.39. The van der Waals surface area contributed by atoms with Crippen LogP contribution < -0.4 is 5.32 Å². The van der Waals surface area contributed by atoms with Crippen molar-refractivity contribution in [3.63, 3.8) is 0 Å². The summed E-state index contributed by atoms with van der Waals surface area (Å²) in [5, 5.41) is 3.37. The van der Waals surface area contributed by atoms with E-state index in [1.54, 1.807) is 0 Å². The van der Waals surface area contributed by atoms with Crippen LogP contribution in [0.15, 0.2) is 34.8 Å². The molecule has 0 unspecified atom stereocenters. The van der Waals surface area contributed by atoms with Gasteiger partial charge in [-0.15, -0.1) is 0 Å². The molecular weight excluding hydrogens is 293 g/mol. The summed E-state index contributed by atoms with van der Waals surface area (Å²) in [4.78, 5) is 0. The fraction of sp³-hybridized carbons (Fsp3) is 0.467. The van der Waals surface area contributed by atoms with Crippen molar-refractivity contribution in [3.05, 3.63) is 46.2 Å². The largest absolute Gasteiger partial charge is 0.316 e. The quantitative estimate of drug-likeness (QED) is 0.584. The molecule has 0 amide bonds. The van der Waals surface area contributed by atoms with Gasteiger partial charge in [0.05, 0.1) is 0 Å². The summed E-state index contributed by atoms with van der Waals surface area (Å²) in [6.45, 7) is 6.42. The lowest BCUT2D eigenvalue weighted by Crippen LogP contribution is -2.20. The second kappa shape index (κ2) is 8.44. The Hall–Kier alpha value is -0.670. The first kappa shape index (κ1) is 15.4. The van der Waals surface area contributed by atoms with Crippen molar-refractivity contribution < 1.29 is 4.39 Å². The van der Waals surface area contributed by atoms with Gasteiger partial charge >= 0.3 is 0 Å². The molecule has 0 radical (unpaired) electrons. The molecule has 100 valence electrons. The third-order valence-electron chi connectivity index (χ3n) is 2.56.